The van der Waals surface area contributed by atoms with E-state index in [1.807, 2.05) is 17.9 Å². The molecule has 0 N–H and O–H groups in total. The highest BCUT2D eigenvalue weighted by Crippen LogP contribution is 2.33. The highest BCUT2D eigenvalue weighted by molar-refractivity contribution is 5.80. The van der Waals surface area contributed by atoms with Gasteiger partial charge in [0.1, 0.15) is 5.78 Å². The van der Waals surface area contributed by atoms with E-state index in [1.54, 1.807) is 0 Å². The summed E-state index contributed by atoms with van der Waals surface area (Å²) in [5.41, 5.74) is 1.16. The van der Waals surface area contributed by atoms with Crippen molar-refractivity contribution in [3.8, 4) is 0 Å². The molecule has 2 aliphatic heterocycles. The van der Waals surface area contributed by atoms with Gasteiger partial charge in [-0.3, -0.25) is 14.4 Å². The van der Waals surface area contributed by atoms with E-state index in [2.05, 4.69) is 16.1 Å². The zero-order valence-electron chi connectivity index (χ0n) is 10.3. The Morgan fingerprint density at radius 2 is 2.06 bits per heavy atom. The third-order valence-corrected chi connectivity index (χ3v) is 4.09. The number of hydrogen-bond acceptors (Lipinski definition) is 3. The Bertz CT molecular complexity index is 410. The first-order chi connectivity index (χ1) is 8.22. The van der Waals surface area contributed by atoms with Crippen LogP contribution in [0.5, 0.6) is 0 Å². The second-order valence-electron chi connectivity index (χ2n) is 5.30. The number of hydrogen-bond donors (Lipinski definition) is 0. The number of nitrogens with zero attached hydrogens (tertiary/aromatic N) is 3. The summed E-state index contributed by atoms with van der Waals surface area (Å²) in [6, 6.07) is 3.12. The van der Waals surface area contributed by atoms with Crippen molar-refractivity contribution in [2.24, 2.45) is 7.05 Å². The Kier molecular flexibility index (Phi) is 2.74. The molecule has 4 heteroatoms. The van der Waals surface area contributed by atoms with Crippen LogP contribution in [-0.2, 0) is 18.3 Å². The van der Waals surface area contributed by atoms with Crippen LogP contribution in [0.2, 0.25) is 0 Å². The molecule has 0 spiro atoms. The fourth-order valence-corrected chi connectivity index (χ4v) is 3.27. The van der Waals surface area contributed by atoms with Crippen LogP contribution in [0.1, 0.15) is 31.4 Å². The largest absolute Gasteiger partial charge is 0.300 e. The van der Waals surface area contributed by atoms with Crippen LogP contribution < -0.4 is 0 Å². The Labute approximate surface area is 102 Å². The number of carbonyl (C=O) groups is 1. The first-order valence-electron chi connectivity index (χ1n) is 6.48. The fourth-order valence-electron chi connectivity index (χ4n) is 3.27. The maximum atomic E-state index is 11.5. The van der Waals surface area contributed by atoms with Gasteiger partial charge in [-0.15, -0.1) is 0 Å². The summed E-state index contributed by atoms with van der Waals surface area (Å²) in [5, 5.41) is 4.40. The second-order valence-corrected chi connectivity index (χ2v) is 5.30. The number of piperidine rings is 1. The maximum absolute atomic E-state index is 11.5. The smallest absolute Gasteiger partial charge is 0.136 e. The molecule has 3 rings (SSSR count). The molecule has 1 aromatic heterocycles. The Balaban J connectivity index is 1.61. The third-order valence-electron chi connectivity index (χ3n) is 4.09. The first kappa shape index (κ1) is 11.0. The molecule has 1 aromatic rings. The Hall–Kier alpha value is -1.16. The molecule has 2 bridgehead atoms. The van der Waals surface area contributed by atoms with Gasteiger partial charge in [-0.2, -0.15) is 5.10 Å². The molecule has 0 saturated carbocycles. The molecule has 2 aliphatic rings. The van der Waals surface area contributed by atoms with Crippen LogP contribution in [0, 0.1) is 0 Å². The van der Waals surface area contributed by atoms with E-state index in [-0.39, 0.29) is 0 Å². The van der Waals surface area contributed by atoms with Gasteiger partial charge < -0.3 is 0 Å². The lowest BCUT2D eigenvalue weighted by atomic mass is 10.0. The predicted molar refractivity (Wildman–Crippen MR) is 64.7 cm³/mol. The van der Waals surface area contributed by atoms with Crippen LogP contribution in [0.3, 0.4) is 0 Å². The van der Waals surface area contributed by atoms with Crippen LogP contribution >= 0.6 is 0 Å². The van der Waals surface area contributed by atoms with E-state index < -0.39 is 0 Å². The molecule has 17 heavy (non-hydrogen) atoms. The average Bonchev–Trinajstić information content (AvgIpc) is 2.79. The van der Waals surface area contributed by atoms with Crippen molar-refractivity contribution in [2.45, 2.75) is 44.2 Å². The molecule has 2 unspecified atom stereocenters. The molecule has 0 amide bonds. The SMILES string of the molecule is Cn1ccc(CCN2C3CCC2CC(=O)C3)n1. The topological polar surface area (TPSA) is 38.1 Å². The Morgan fingerprint density at radius 3 is 2.65 bits per heavy atom. The van der Waals surface area contributed by atoms with Crippen LogP contribution in [0.25, 0.3) is 0 Å². The number of fused-ring (bicyclic) bond motifs is 2. The van der Waals surface area contributed by atoms with E-state index >= 15 is 0 Å². The van der Waals surface area contributed by atoms with Gasteiger partial charge in [0.25, 0.3) is 0 Å². The molecule has 92 valence electrons. The maximum Gasteiger partial charge on any atom is 0.136 e. The van der Waals surface area contributed by atoms with Gasteiger partial charge in [0.15, 0.2) is 0 Å². The lowest BCUT2D eigenvalue weighted by molar-refractivity contribution is -0.123. The van der Waals surface area contributed by atoms with Gasteiger partial charge in [-0.1, -0.05) is 0 Å². The standard InChI is InChI=1S/C13H19N3O/c1-15-6-4-10(14-15)5-7-16-11-2-3-12(16)9-13(17)8-11/h4,6,11-12H,2-3,5,7-9H2,1H3. The number of rotatable bonds is 3. The summed E-state index contributed by atoms with van der Waals surface area (Å²) in [4.78, 5) is 14.0. The van der Waals surface area contributed by atoms with E-state index in [0.29, 0.717) is 17.9 Å². The predicted octanol–water partition coefficient (Wildman–Crippen LogP) is 1.16. The number of aryl methyl sites for hydroxylation is 1. The average molecular weight is 233 g/mol. The normalized spacial score (nSPS) is 28.9. The van der Waals surface area contributed by atoms with Crippen LogP contribution in [0.4, 0.5) is 0 Å². The summed E-state index contributed by atoms with van der Waals surface area (Å²) in [6.45, 7) is 1.06. The lowest BCUT2D eigenvalue weighted by Gasteiger charge is -2.33. The van der Waals surface area contributed by atoms with Crippen molar-refractivity contribution < 1.29 is 4.79 Å². The molecule has 4 nitrogen and oxygen atoms in total. The van der Waals surface area contributed by atoms with Crippen LogP contribution in [-0.4, -0.2) is 39.1 Å². The highest BCUT2D eigenvalue weighted by atomic mass is 16.1. The molecular weight excluding hydrogens is 214 g/mol. The van der Waals surface area contributed by atoms with Gasteiger partial charge in [0.2, 0.25) is 0 Å². The minimum atomic E-state index is 0.464. The molecule has 2 fully saturated rings. The monoisotopic (exact) mass is 233 g/mol. The van der Waals surface area contributed by atoms with Gasteiger partial charge >= 0.3 is 0 Å². The van der Waals surface area contributed by atoms with Crippen molar-refractivity contribution in [1.82, 2.24) is 14.7 Å². The van der Waals surface area contributed by atoms with E-state index in [1.165, 1.54) is 12.8 Å². The highest BCUT2D eigenvalue weighted by Gasteiger charge is 2.39. The molecule has 3 heterocycles. The number of carbonyl (C=O) groups excluding carboxylic acids is 1. The Morgan fingerprint density at radius 1 is 1.35 bits per heavy atom. The summed E-state index contributed by atoms with van der Waals surface area (Å²) in [6.07, 6.45) is 6.96. The van der Waals surface area contributed by atoms with Crippen LogP contribution in [0.15, 0.2) is 12.3 Å². The molecule has 0 radical (unpaired) electrons. The van der Waals surface area contributed by atoms with Gasteiger partial charge in [0, 0.05) is 51.1 Å². The van der Waals surface area contributed by atoms with Gasteiger partial charge in [-0.05, 0) is 18.9 Å². The van der Waals surface area contributed by atoms with Crippen molar-refractivity contribution in [3.63, 3.8) is 0 Å². The summed E-state index contributed by atoms with van der Waals surface area (Å²) in [7, 11) is 1.95. The van der Waals surface area contributed by atoms with E-state index in [4.69, 9.17) is 0 Å². The zero-order valence-corrected chi connectivity index (χ0v) is 10.3. The van der Waals surface area contributed by atoms with Crippen molar-refractivity contribution in [2.75, 3.05) is 6.54 Å². The lowest BCUT2D eigenvalue weighted by Crippen LogP contribution is -2.44. The molecule has 0 aliphatic carbocycles. The minimum absolute atomic E-state index is 0.464. The fraction of sp³-hybridized carbons (Fsp3) is 0.692. The number of Topliss-reactive ketones (excluding diaryl/α,β-unsaturated/α-hetero) is 1. The summed E-state index contributed by atoms with van der Waals surface area (Å²) in [5.74, 6) is 0.464. The minimum Gasteiger partial charge on any atom is -0.300 e. The molecule has 0 aromatic carbocycles. The van der Waals surface area contributed by atoms with Crippen molar-refractivity contribution >= 4 is 5.78 Å². The van der Waals surface area contributed by atoms with E-state index in [0.717, 1.165) is 31.5 Å². The first-order valence-corrected chi connectivity index (χ1v) is 6.48. The van der Waals surface area contributed by atoms with Gasteiger partial charge in [-0.25, -0.2) is 0 Å². The molecule has 2 saturated heterocycles. The summed E-state index contributed by atoms with van der Waals surface area (Å²) < 4.78 is 1.85. The zero-order chi connectivity index (χ0) is 11.8. The number of aromatic nitrogens is 2. The summed E-state index contributed by atoms with van der Waals surface area (Å²) >= 11 is 0. The molecular formula is C13H19N3O. The van der Waals surface area contributed by atoms with E-state index in [9.17, 15) is 4.79 Å². The molecule has 2 atom stereocenters. The van der Waals surface area contributed by atoms with Crippen molar-refractivity contribution in [1.29, 1.82) is 0 Å². The van der Waals surface area contributed by atoms with Gasteiger partial charge in [0.05, 0.1) is 5.69 Å². The third kappa shape index (κ3) is 2.14. The quantitative estimate of drug-likeness (QED) is 0.786. The number of ketones is 1. The second kappa shape index (κ2) is 4.26. The van der Waals surface area contributed by atoms with Crippen molar-refractivity contribution in [3.05, 3.63) is 18.0 Å².